The van der Waals surface area contributed by atoms with Crippen molar-refractivity contribution < 1.29 is 9.18 Å². The van der Waals surface area contributed by atoms with Crippen molar-refractivity contribution in [2.24, 2.45) is 0 Å². The van der Waals surface area contributed by atoms with Crippen LogP contribution in [0.2, 0.25) is 0 Å². The zero-order valence-corrected chi connectivity index (χ0v) is 12.4. The van der Waals surface area contributed by atoms with Crippen LogP contribution in [0.1, 0.15) is 57.3 Å². The van der Waals surface area contributed by atoms with Gasteiger partial charge in [0.2, 0.25) is 0 Å². The molecule has 19 heavy (non-hydrogen) atoms. The molecule has 0 saturated carbocycles. The van der Waals surface area contributed by atoms with Crippen molar-refractivity contribution in [3.63, 3.8) is 0 Å². The number of Topliss-reactive ketones (excluding diaryl/α,β-unsaturated/α-hetero) is 1. The largest absolute Gasteiger partial charge is 0.368 e. The molecule has 1 aromatic carbocycles. The molecule has 0 fully saturated rings. The third-order valence-electron chi connectivity index (χ3n) is 3.52. The third-order valence-corrected chi connectivity index (χ3v) is 3.52. The summed E-state index contributed by atoms with van der Waals surface area (Å²) in [5.41, 5.74) is 1.34. The topological polar surface area (TPSA) is 20.3 Å². The van der Waals surface area contributed by atoms with Gasteiger partial charge in [-0.25, -0.2) is 4.39 Å². The van der Waals surface area contributed by atoms with Gasteiger partial charge in [0.15, 0.2) is 5.78 Å². The number of unbranched alkanes of at least 4 members (excludes halogenated alkanes) is 1. The molecule has 0 heterocycles. The van der Waals surface area contributed by atoms with E-state index in [1.165, 1.54) is 19.1 Å². The van der Waals surface area contributed by atoms with Gasteiger partial charge >= 0.3 is 0 Å². The van der Waals surface area contributed by atoms with Crippen molar-refractivity contribution in [3.05, 3.63) is 29.6 Å². The average Bonchev–Trinajstić information content (AvgIpc) is 2.39. The van der Waals surface area contributed by atoms with Crippen LogP contribution >= 0.6 is 0 Å². The van der Waals surface area contributed by atoms with Crippen LogP contribution in [-0.4, -0.2) is 18.4 Å². The van der Waals surface area contributed by atoms with Gasteiger partial charge in [-0.3, -0.25) is 4.79 Å². The Balaban J connectivity index is 3.17. The van der Waals surface area contributed by atoms with E-state index in [1.807, 2.05) is 0 Å². The van der Waals surface area contributed by atoms with Crippen LogP contribution in [0.5, 0.6) is 0 Å². The number of ketones is 1. The lowest BCUT2D eigenvalue weighted by Crippen LogP contribution is -2.34. The Morgan fingerprint density at radius 1 is 1.37 bits per heavy atom. The zero-order valence-electron chi connectivity index (χ0n) is 12.4. The molecule has 0 radical (unpaired) electrons. The molecule has 1 rings (SSSR count). The van der Waals surface area contributed by atoms with E-state index in [9.17, 15) is 9.18 Å². The van der Waals surface area contributed by atoms with Crippen molar-refractivity contribution >= 4 is 11.5 Å². The van der Waals surface area contributed by atoms with Crippen molar-refractivity contribution in [2.75, 3.05) is 11.4 Å². The second-order valence-electron chi connectivity index (χ2n) is 5.02. The summed E-state index contributed by atoms with van der Waals surface area (Å²) in [6, 6.07) is 4.85. The fourth-order valence-electron chi connectivity index (χ4n) is 2.17. The van der Waals surface area contributed by atoms with E-state index in [2.05, 4.69) is 25.7 Å². The minimum Gasteiger partial charge on any atom is -0.368 e. The average molecular weight is 265 g/mol. The van der Waals surface area contributed by atoms with Gasteiger partial charge in [-0.1, -0.05) is 20.3 Å². The van der Waals surface area contributed by atoms with Crippen molar-refractivity contribution in [3.8, 4) is 0 Å². The minimum absolute atomic E-state index is 0.0840. The number of anilines is 1. The van der Waals surface area contributed by atoms with Crippen molar-refractivity contribution in [1.82, 2.24) is 0 Å². The number of benzene rings is 1. The molecule has 3 heteroatoms. The maximum Gasteiger partial charge on any atom is 0.161 e. The maximum absolute atomic E-state index is 13.3. The number of hydrogen-bond acceptors (Lipinski definition) is 2. The van der Waals surface area contributed by atoms with E-state index in [0.29, 0.717) is 11.6 Å². The van der Waals surface area contributed by atoms with Gasteiger partial charge in [0.1, 0.15) is 5.82 Å². The predicted molar refractivity (Wildman–Crippen MR) is 78.4 cm³/mol. The van der Waals surface area contributed by atoms with Gasteiger partial charge in [-0.15, -0.1) is 0 Å². The van der Waals surface area contributed by atoms with Crippen LogP contribution in [-0.2, 0) is 0 Å². The van der Waals surface area contributed by atoms with Gasteiger partial charge in [-0.2, -0.15) is 0 Å². The molecule has 1 unspecified atom stereocenters. The monoisotopic (exact) mass is 265 g/mol. The predicted octanol–water partition coefficient (Wildman–Crippen LogP) is 4.43. The molecule has 106 valence electrons. The van der Waals surface area contributed by atoms with Crippen LogP contribution in [0.15, 0.2) is 18.2 Å². The summed E-state index contributed by atoms with van der Waals surface area (Å²) in [4.78, 5) is 13.9. The first kappa shape index (κ1) is 15.7. The molecule has 1 aromatic rings. The third kappa shape index (κ3) is 4.05. The first-order valence-electron chi connectivity index (χ1n) is 7.08. The van der Waals surface area contributed by atoms with E-state index < -0.39 is 0 Å². The number of halogens is 1. The molecule has 0 amide bonds. The Hall–Kier alpha value is -1.38. The lowest BCUT2D eigenvalue weighted by atomic mass is 10.1. The van der Waals surface area contributed by atoms with E-state index in [0.717, 1.165) is 31.5 Å². The Morgan fingerprint density at radius 2 is 2.05 bits per heavy atom. The number of carbonyl (C=O) groups excluding carboxylic acids is 1. The Bertz CT molecular complexity index is 431. The van der Waals surface area contributed by atoms with Crippen molar-refractivity contribution in [1.29, 1.82) is 0 Å². The Kier molecular flexibility index (Phi) is 6.00. The lowest BCUT2D eigenvalue weighted by Gasteiger charge is -2.32. The summed E-state index contributed by atoms with van der Waals surface area (Å²) in [7, 11) is 0. The molecule has 1 atom stereocenters. The van der Waals surface area contributed by atoms with Crippen LogP contribution in [0, 0.1) is 5.82 Å². The van der Waals surface area contributed by atoms with Gasteiger partial charge in [-0.05, 0) is 44.9 Å². The highest BCUT2D eigenvalue weighted by Gasteiger charge is 2.18. The van der Waals surface area contributed by atoms with Crippen LogP contribution in [0.3, 0.4) is 0 Å². The van der Waals surface area contributed by atoms with Crippen molar-refractivity contribution in [2.45, 2.75) is 53.0 Å². The van der Waals surface area contributed by atoms with Gasteiger partial charge in [0.25, 0.3) is 0 Å². The highest BCUT2D eigenvalue weighted by molar-refractivity contribution is 5.99. The quantitative estimate of drug-likeness (QED) is 0.680. The summed E-state index contributed by atoms with van der Waals surface area (Å²) >= 11 is 0. The highest BCUT2D eigenvalue weighted by atomic mass is 19.1. The SMILES string of the molecule is CCCCN(c1ccc(F)cc1C(C)=O)C(C)CC. The molecule has 0 saturated heterocycles. The molecule has 2 nitrogen and oxygen atoms in total. The zero-order chi connectivity index (χ0) is 14.4. The number of nitrogens with zero attached hydrogens (tertiary/aromatic N) is 1. The molecule has 0 N–H and O–H groups in total. The smallest absolute Gasteiger partial charge is 0.161 e. The fourth-order valence-corrected chi connectivity index (χ4v) is 2.17. The fraction of sp³-hybridized carbons (Fsp3) is 0.562. The van der Waals surface area contributed by atoms with Gasteiger partial charge in [0, 0.05) is 23.8 Å². The molecule has 0 spiro atoms. The summed E-state index contributed by atoms with van der Waals surface area (Å²) in [5.74, 6) is -0.437. The lowest BCUT2D eigenvalue weighted by molar-refractivity contribution is 0.101. The standard InChI is InChI=1S/C16H24FNO/c1-5-7-10-18(12(3)6-2)16-9-8-14(17)11-15(16)13(4)19/h8-9,11-12H,5-7,10H2,1-4H3. The first-order valence-corrected chi connectivity index (χ1v) is 7.08. The van der Waals surface area contributed by atoms with Gasteiger partial charge in [0.05, 0.1) is 0 Å². The van der Waals surface area contributed by atoms with E-state index >= 15 is 0 Å². The second-order valence-corrected chi connectivity index (χ2v) is 5.02. The molecule has 0 aliphatic rings. The highest BCUT2D eigenvalue weighted by Crippen LogP contribution is 2.25. The van der Waals surface area contributed by atoms with Crippen LogP contribution in [0.25, 0.3) is 0 Å². The number of rotatable bonds is 7. The number of carbonyl (C=O) groups is 1. The number of hydrogen-bond donors (Lipinski definition) is 0. The summed E-state index contributed by atoms with van der Waals surface area (Å²) < 4.78 is 13.3. The second kappa shape index (κ2) is 7.27. The molecular weight excluding hydrogens is 241 g/mol. The normalized spacial score (nSPS) is 12.3. The summed E-state index contributed by atoms with van der Waals surface area (Å²) in [6.45, 7) is 8.80. The van der Waals surface area contributed by atoms with Crippen LogP contribution < -0.4 is 4.90 Å². The minimum atomic E-state index is -0.353. The molecular formula is C16H24FNO. The van der Waals surface area contributed by atoms with Crippen LogP contribution in [0.4, 0.5) is 10.1 Å². The maximum atomic E-state index is 13.3. The molecule has 0 aliphatic heterocycles. The molecule has 0 bridgehead atoms. The summed E-state index contributed by atoms with van der Waals surface area (Å²) in [6.07, 6.45) is 3.17. The molecule has 0 aliphatic carbocycles. The van der Waals surface area contributed by atoms with E-state index in [4.69, 9.17) is 0 Å². The summed E-state index contributed by atoms with van der Waals surface area (Å²) in [5, 5.41) is 0. The Morgan fingerprint density at radius 3 is 2.58 bits per heavy atom. The molecule has 0 aromatic heterocycles. The van der Waals surface area contributed by atoms with Gasteiger partial charge < -0.3 is 4.90 Å². The Labute approximate surface area is 115 Å². The first-order chi connectivity index (χ1) is 9.01. The van der Waals surface area contributed by atoms with E-state index in [-0.39, 0.29) is 11.6 Å². The van der Waals surface area contributed by atoms with E-state index in [1.54, 1.807) is 6.07 Å².